The number of thioether (sulfide) groups is 1. The van der Waals surface area contributed by atoms with Crippen LogP contribution in [0.1, 0.15) is 19.4 Å². The second-order valence-corrected chi connectivity index (χ2v) is 6.12. The first-order chi connectivity index (χ1) is 9.98. The Morgan fingerprint density at radius 1 is 1.52 bits per heavy atom. The van der Waals surface area contributed by atoms with Crippen LogP contribution in [0.2, 0.25) is 0 Å². The third-order valence-electron chi connectivity index (χ3n) is 3.39. The molecule has 114 valence electrons. The lowest BCUT2D eigenvalue weighted by Crippen LogP contribution is -2.50. The monoisotopic (exact) mass is 307 g/mol. The van der Waals surface area contributed by atoms with Crippen LogP contribution in [-0.4, -0.2) is 40.9 Å². The van der Waals surface area contributed by atoms with Crippen molar-refractivity contribution < 1.29 is 9.53 Å². The molecule has 2 aromatic rings. The van der Waals surface area contributed by atoms with E-state index in [1.54, 1.807) is 7.05 Å². The standard InChI is InChI=1S/C15H21N3O2S/c1-5-20-13(19)15(3,16-4)9-21-14-17-11-7-6-10(2)8-12(11)18-14/h6-8,16H,5,9H2,1-4H3,(H,17,18). The number of imidazole rings is 1. The third kappa shape index (κ3) is 3.57. The molecule has 0 radical (unpaired) electrons. The van der Waals surface area contributed by atoms with Gasteiger partial charge in [-0.25, -0.2) is 4.98 Å². The van der Waals surface area contributed by atoms with Gasteiger partial charge in [-0.1, -0.05) is 17.8 Å². The minimum absolute atomic E-state index is 0.244. The van der Waals surface area contributed by atoms with Gasteiger partial charge < -0.3 is 15.0 Å². The Morgan fingerprint density at radius 2 is 2.29 bits per heavy atom. The maximum absolute atomic E-state index is 12.0. The van der Waals surface area contributed by atoms with E-state index in [9.17, 15) is 4.79 Å². The molecule has 0 amide bonds. The van der Waals surface area contributed by atoms with Gasteiger partial charge in [0.25, 0.3) is 0 Å². The summed E-state index contributed by atoms with van der Waals surface area (Å²) >= 11 is 1.51. The van der Waals surface area contributed by atoms with Crippen molar-refractivity contribution in [2.75, 3.05) is 19.4 Å². The van der Waals surface area contributed by atoms with E-state index < -0.39 is 5.54 Å². The first-order valence-electron chi connectivity index (χ1n) is 6.94. The molecule has 21 heavy (non-hydrogen) atoms. The van der Waals surface area contributed by atoms with Gasteiger partial charge in [-0.15, -0.1) is 0 Å². The molecular weight excluding hydrogens is 286 g/mol. The number of hydrogen-bond acceptors (Lipinski definition) is 5. The van der Waals surface area contributed by atoms with Crippen LogP contribution >= 0.6 is 11.8 Å². The number of esters is 1. The number of aromatic nitrogens is 2. The van der Waals surface area contributed by atoms with Crippen LogP contribution in [0.4, 0.5) is 0 Å². The summed E-state index contributed by atoms with van der Waals surface area (Å²) in [7, 11) is 1.76. The lowest BCUT2D eigenvalue weighted by atomic mass is 10.1. The number of fused-ring (bicyclic) bond motifs is 1. The predicted molar refractivity (Wildman–Crippen MR) is 85.7 cm³/mol. The Kier molecular flexibility index (Phi) is 4.90. The molecule has 0 aliphatic rings. The van der Waals surface area contributed by atoms with Gasteiger partial charge in [-0.3, -0.25) is 4.79 Å². The van der Waals surface area contributed by atoms with Crippen molar-refractivity contribution in [2.45, 2.75) is 31.5 Å². The Hall–Kier alpha value is -1.53. The predicted octanol–water partition coefficient (Wildman–Crippen LogP) is 2.50. The van der Waals surface area contributed by atoms with Gasteiger partial charge in [0.05, 0.1) is 17.6 Å². The molecule has 1 atom stereocenters. The summed E-state index contributed by atoms with van der Waals surface area (Å²) in [5.74, 6) is 0.299. The van der Waals surface area contributed by atoms with Gasteiger partial charge in [0.15, 0.2) is 5.16 Å². The average Bonchev–Trinajstić information content (AvgIpc) is 2.87. The van der Waals surface area contributed by atoms with Crippen molar-refractivity contribution in [1.29, 1.82) is 0 Å². The molecule has 2 N–H and O–H groups in total. The summed E-state index contributed by atoms with van der Waals surface area (Å²) in [5, 5.41) is 3.85. The van der Waals surface area contributed by atoms with E-state index in [0.717, 1.165) is 16.2 Å². The maximum Gasteiger partial charge on any atom is 0.326 e. The molecule has 6 heteroatoms. The van der Waals surface area contributed by atoms with Gasteiger partial charge in [0.2, 0.25) is 0 Å². The molecule has 0 spiro atoms. The van der Waals surface area contributed by atoms with E-state index in [4.69, 9.17) is 4.74 Å². The number of carbonyl (C=O) groups excluding carboxylic acids is 1. The van der Waals surface area contributed by atoms with E-state index in [1.165, 1.54) is 17.3 Å². The number of ether oxygens (including phenoxy) is 1. The first-order valence-corrected chi connectivity index (χ1v) is 7.92. The molecular formula is C15H21N3O2S. The molecule has 0 bridgehead atoms. The molecule has 2 rings (SSSR count). The van der Waals surface area contributed by atoms with Crippen molar-refractivity contribution in [3.8, 4) is 0 Å². The number of hydrogen-bond donors (Lipinski definition) is 2. The molecule has 1 unspecified atom stereocenters. The topological polar surface area (TPSA) is 67.0 Å². The van der Waals surface area contributed by atoms with E-state index in [-0.39, 0.29) is 5.97 Å². The van der Waals surface area contributed by atoms with Gasteiger partial charge in [0, 0.05) is 5.75 Å². The lowest BCUT2D eigenvalue weighted by molar-refractivity contribution is -0.149. The van der Waals surface area contributed by atoms with Crippen LogP contribution < -0.4 is 5.32 Å². The highest BCUT2D eigenvalue weighted by Crippen LogP contribution is 2.24. The summed E-state index contributed by atoms with van der Waals surface area (Å²) in [4.78, 5) is 19.8. The quantitative estimate of drug-likeness (QED) is 0.634. The van der Waals surface area contributed by atoms with Crippen LogP contribution in [0.5, 0.6) is 0 Å². The Balaban J connectivity index is 2.10. The fraction of sp³-hybridized carbons (Fsp3) is 0.467. The number of rotatable bonds is 6. The average molecular weight is 307 g/mol. The number of carbonyl (C=O) groups is 1. The van der Waals surface area contributed by atoms with Gasteiger partial charge in [-0.05, 0) is 45.5 Å². The highest BCUT2D eigenvalue weighted by atomic mass is 32.2. The summed E-state index contributed by atoms with van der Waals surface area (Å²) < 4.78 is 5.12. The summed E-state index contributed by atoms with van der Waals surface area (Å²) in [5.41, 5.74) is 2.41. The molecule has 0 fully saturated rings. The zero-order valence-corrected chi connectivity index (χ0v) is 13.6. The fourth-order valence-corrected chi connectivity index (χ4v) is 2.94. The zero-order chi connectivity index (χ0) is 15.5. The van der Waals surface area contributed by atoms with Gasteiger partial charge >= 0.3 is 5.97 Å². The number of likely N-dealkylation sites (N-methyl/N-ethyl adjacent to an activating group) is 1. The molecule has 0 aliphatic heterocycles. The SMILES string of the molecule is CCOC(=O)C(C)(CSc1nc2ccc(C)cc2[nH]1)NC. The zero-order valence-electron chi connectivity index (χ0n) is 12.8. The van der Waals surface area contributed by atoms with Crippen LogP contribution in [0, 0.1) is 6.92 Å². The van der Waals surface area contributed by atoms with Crippen LogP contribution in [0.3, 0.4) is 0 Å². The molecule has 0 saturated carbocycles. The van der Waals surface area contributed by atoms with E-state index in [0.29, 0.717) is 12.4 Å². The van der Waals surface area contributed by atoms with Crippen molar-refractivity contribution in [1.82, 2.24) is 15.3 Å². The molecule has 1 heterocycles. The molecule has 5 nitrogen and oxygen atoms in total. The number of aryl methyl sites for hydroxylation is 1. The molecule has 0 aliphatic carbocycles. The van der Waals surface area contributed by atoms with Crippen molar-refractivity contribution in [2.24, 2.45) is 0 Å². The largest absolute Gasteiger partial charge is 0.465 e. The third-order valence-corrected chi connectivity index (χ3v) is 4.58. The maximum atomic E-state index is 12.0. The molecule has 1 aromatic carbocycles. The minimum atomic E-state index is -0.727. The van der Waals surface area contributed by atoms with Crippen molar-refractivity contribution in [3.05, 3.63) is 23.8 Å². The second-order valence-electron chi connectivity index (χ2n) is 5.15. The minimum Gasteiger partial charge on any atom is -0.465 e. The van der Waals surface area contributed by atoms with Crippen LogP contribution in [-0.2, 0) is 9.53 Å². The van der Waals surface area contributed by atoms with Crippen LogP contribution in [0.25, 0.3) is 11.0 Å². The Labute approximate surface area is 128 Å². The normalized spacial score (nSPS) is 14.1. The van der Waals surface area contributed by atoms with E-state index in [1.807, 2.05) is 32.9 Å². The van der Waals surface area contributed by atoms with Crippen molar-refractivity contribution >= 4 is 28.8 Å². The highest BCUT2D eigenvalue weighted by molar-refractivity contribution is 7.99. The highest BCUT2D eigenvalue weighted by Gasteiger charge is 2.33. The summed E-state index contributed by atoms with van der Waals surface area (Å²) in [6.45, 7) is 6.07. The Bertz CT molecular complexity index is 641. The number of nitrogens with zero attached hydrogens (tertiary/aromatic N) is 1. The fourth-order valence-electron chi connectivity index (χ4n) is 1.90. The van der Waals surface area contributed by atoms with Gasteiger partial charge in [-0.2, -0.15) is 0 Å². The second kappa shape index (κ2) is 6.49. The number of aromatic amines is 1. The smallest absolute Gasteiger partial charge is 0.326 e. The first kappa shape index (κ1) is 15.9. The van der Waals surface area contributed by atoms with E-state index >= 15 is 0 Å². The number of benzene rings is 1. The molecule has 1 aromatic heterocycles. The molecule has 0 saturated heterocycles. The number of nitrogens with one attached hydrogen (secondary N) is 2. The summed E-state index contributed by atoms with van der Waals surface area (Å²) in [6, 6.07) is 6.09. The van der Waals surface area contributed by atoms with Crippen molar-refractivity contribution in [3.63, 3.8) is 0 Å². The number of H-pyrrole nitrogens is 1. The lowest BCUT2D eigenvalue weighted by Gasteiger charge is -2.25. The van der Waals surface area contributed by atoms with Crippen LogP contribution in [0.15, 0.2) is 23.4 Å². The van der Waals surface area contributed by atoms with E-state index in [2.05, 4.69) is 21.4 Å². The Morgan fingerprint density at radius 3 is 2.95 bits per heavy atom. The van der Waals surface area contributed by atoms with Gasteiger partial charge in [0.1, 0.15) is 5.54 Å². The summed E-state index contributed by atoms with van der Waals surface area (Å²) in [6.07, 6.45) is 0.